The molecule has 1 aromatic heterocycles. The van der Waals surface area contributed by atoms with Crippen molar-refractivity contribution in [1.29, 1.82) is 0 Å². The van der Waals surface area contributed by atoms with Crippen LogP contribution < -0.4 is 5.43 Å². The third-order valence-electron chi connectivity index (χ3n) is 4.85. The highest BCUT2D eigenvalue weighted by molar-refractivity contribution is 9.10. The number of phenolic OH excluding ortho intramolecular Hbond substituents is 1. The fraction of sp³-hybridized carbons (Fsp3) is 0.0833. The monoisotopic (exact) mass is 461 g/mol. The molecule has 0 aliphatic carbocycles. The van der Waals surface area contributed by atoms with Crippen molar-refractivity contribution in [2.75, 3.05) is 0 Å². The first kappa shape index (κ1) is 19.9. The van der Waals surface area contributed by atoms with E-state index in [-0.39, 0.29) is 11.7 Å². The van der Waals surface area contributed by atoms with Crippen LogP contribution in [-0.4, -0.2) is 22.2 Å². The van der Waals surface area contributed by atoms with Gasteiger partial charge in [-0.3, -0.25) is 4.79 Å². The van der Waals surface area contributed by atoms with E-state index >= 15 is 0 Å². The smallest absolute Gasteiger partial charge is 0.288 e. The van der Waals surface area contributed by atoms with Crippen LogP contribution >= 0.6 is 15.9 Å². The van der Waals surface area contributed by atoms with Crippen molar-refractivity contribution in [3.05, 3.63) is 87.5 Å². The van der Waals surface area contributed by atoms with Gasteiger partial charge in [-0.1, -0.05) is 42.0 Å². The Morgan fingerprint density at radius 2 is 1.83 bits per heavy atom. The summed E-state index contributed by atoms with van der Waals surface area (Å²) in [5.74, 6) is -0.258. The molecule has 1 heterocycles. The van der Waals surface area contributed by atoms with Crippen LogP contribution in [0.1, 0.15) is 27.2 Å². The van der Waals surface area contributed by atoms with Gasteiger partial charge in [-0.25, -0.2) is 5.43 Å². The van der Waals surface area contributed by atoms with E-state index in [0.717, 1.165) is 37.6 Å². The maximum absolute atomic E-state index is 13.0. The molecule has 5 nitrogen and oxygen atoms in total. The summed E-state index contributed by atoms with van der Waals surface area (Å²) in [5.41, 5.74) is 8.22. The number of hydrazone groups is 1. The van der Waals surface area contributed by atoms with Crippen molar-refractivity contribution in [3.63, 3.8) is 0 Å². The summed E-state index contributed by atoms with van der Waals surface area (Å²) in [6, 6.07) is 19.1. The van der Waals surface area contributed by atoms with Crippen molar-refractivity contribution in [2.24, 2.45) is 5.10 Å². The molecule has 0 bridgehead atoms. The number of amides is 1. The molecule has 4 rings (SSSR count). The molecule has 0 saturated carbocycles. The Bertz CT molecular complexity index is 1280. The number of carbonyl (C=O) groups excluding carboxylic acids is 1. The molecule has 0 fully saturated rings. The Morgan fingerprint density at radius 1 is 1.07 bits per heavy atom. The van der Waals surface area contributed by atoms with E-state index in [4.69, 9.17) is 0 Å². The molecule has 1 amide bonds. The van der Waals surface area contributed by atoms with Gasteiger partial charge in [-0.05, 0) is 65.2 Å². The van der Waals surface area contributed by atoms with Gasteiger partial charge < -0.3 is 10.1 Å². The quantitative estimate of drug-likeness (QED) is 0.269. The second kappa shape index (κ2) is 8.16. The van der Waals surface area contributed by atoms with Gasteiger partial charge in [0.2, 0.25) is 0 Å². The van der Waals surface area contributed by atoms with Crippen LogP contribution in [0.5, 0.6) is 5.75 Å². The standard InChI is InChI=1S/C24H20BrN3O2/c1-14-8-9-20(29)17(10-14)13-26-28-24(30)23-21(16-6-4-3-5-7-16)18-11-15(2)12-19(25)22(18)27-23/h3-13,27,29H,1-2H3,(H,28,30)/b26-13+. The summed E-state index contributed by atoms with van der Waals surface area (Å²) in [4.78, 5) is 16.3. The normalized spacial score (nSPS) is 11.3. The van der Waals surface area contributed by atoms with Crippen molar-refractivity contribution in [1.82, 2.24) is 10.4 Å². The molecule has 0 radical (unpaired) electrons. The lowest BCUT2D eigenvalue weighted by molar-refractivity contribution is 0.0951. The zero-order valence-electron chi connectivity index (χ0n) is 16.5. The molecule has 3 aromatic carbocycles. The summed E-state index contributed by atoms with van der Waals surface area (Å²) in [5, 5.41) is 15.0. The molecule has 150 valence electrons. The molecule has 0 aliphatic heterocycles. The topological polar surface area (TPSA) is 77.5 Å². The van der Waals surface area contributed by atoms with Crippen LogP contribution in [0.15, 0.2) is 70.2 Å². The number of hydrogen-bond donors (Lipinski definition) is 3. The first-order valence-electron chi connectivity index (χ1n) is 9.44. The van der Waals surface area contributed by atoms with Crippen molar-refractivity contribution in [2.45, 2.75) is 13.8 Å². The van der Waals surface area contributed by atoms with Crippen LogP contribution in [0.3, 0.4) is 0 Å². The van der Waals surface area contributed by atoms with Crippen molar-refractivity contribution >= 4 is 39.0 Å². The number of aromatic amines is 1. The highest BCUT2D eigenvalue weighted by atomic mass is 79.9. The van der Waals surface area contributed by atoms with E-state index in [1.54, 1.807) is 12.1 Å². The molecule has 4 aromatic rings. The Labute approximate surface area is 182 Å². The number of carbonyl (C=O) groups is 1. The number of aromatic hydroxyl groups is 1. The summed E-state index contributed by atoms with van der Waals surface area (Å²) < 4.78 is 0.891. The zero-order valence-corrected chi connectivity index (χ0v) is 18.1. The highest BCUT2D eigenvalue weighted by Gasteiger charge is 2.20. The number of nitrogens with zero attached hydrogens (tertiary/aromatic N) is 1. The van der Waals surface area contributed by atoms with E-state index in [1.165, 1.54) is 6.21 Å². The lowest BCUT2D eigenvalue weighted by atomic mass is 10.0. The van der Waals surface area contributed by atoms with Crippen LogP contribution in [0.2, 0.25) is 0 Å². The van der Waals surface area contributed by atoms with E-state index in [2.05, 4.69) is 37.5 Å². The Kier molecular flexibility index (Phi) is 5.42. The van der Waals surface area contributed by atoms with Crippen LogP contribution in [0.4, 0.5) is 0 Å². The number of rotatable bonds is 4. The third kappa shape index (κ3) is 3.86. The number of nitrogens with one attached hydrogen (secondary N) is 2. The number of aromatic nitrogens is 1. The first-order valence-corrected chi connectivity index (χ1v) is 10.2. The SMILES string of the molecule is Cc1ccc(O)c(/C=N/NC(=O)c2[nH]c3c(Br)cc(C)cc3c2-c2ccccc2)c1. The van der Waals surface area contributed by atoms with Gasteiger partial charge in [0.25, 0.3) is 5.91 Å². The molecule has 0 unspecified atom stereocenters. The van der Waals surface area contributed by atoms with Gasteiger partial charge in [-0.2, -0.15) is 5.10 Å². The van der Waals surface area contributed by atoms with Gasteiger partial charge in [0.15, 0.2) is 0 Å². The fourth-order valence-electron chi connectivity index (χ4n) is 3.46. The largest absolute Gasteiger partial charge is 0.507 e. The number of aryl methyl sites for hydroxylation is 2. The number of hydrogen-bond acceptors (Lipinski definition) is 3. The predicted molar refractivity (Wildman–Crippen MR) is 124 cm³/mol. The van der Waals surface area contributed by atoms with Crippen LogP contribution in [-0.2, 0) is 0 Å². The predicted octanol–water partition coefficient (Wildman–Crippen LogP) is 5.68. The van der Waals surface area contributed by atoms with Gasteiger partial charge in [0, 0.05) is 21.0 Å². The van der Waals surface area contributed by atoms with E-state index in [0.29, 0.717) is 11.3 Å². The van der Waals surface area contributed by atoms with Gasteiger partial charge in [0.1, 0.15) is 11.4 Å². The fourth-order valence-corrected chi connectivity index (χ4v) is 4.13. The van der Waals surface area contributed by atoms with Gasteiger partial charge in [-0.15, -0.1) is 0 Å². The molecule has 3 N–H and O–H groups in total. The minimum atomic E-state index is -0.363. The summed E-state index contributed by atoms with van der Waals surface area (Å²) in [6.07, 6.45) is 1.44. The summed E-state index contributed by atoms with van der Waals surface area (Å²) >= 11 is 3.59. The average Bonchev–Trinajstić information content (AvgIpc) is 3.11. The molecule has 0 aliphatic rings. The summed E-state index contributed by atoms with van der Waals surface area (Å²) in [7, 11) is 0. The van der Waals surface area contributed by atoms with Crippen LogP contribution in [0, 0.1) is 13.8 Å². The van der Waals surface area contributed by atoms with Crippen molar-refractivity contribution < 1.29 is 9.90 Å². The van der Waals surface area contributed by atoms with E-state index in [1.807, 2.05) is 56.3 Å². The van der Waals surface area contributed by atoms with E-state index < -0.39 is 0 Å². The number of H-pyrrole nitrogens is 1. The summed E-state index contributed by atoms with van der Waals surface area (Å²) in [6.45, 7) is 3.94. The van der Waals surface area contributed by atoms with Gasteiger partial charge >= 0.3 is 0 Å². The minimum Gasteiger partial charge on any atom is -0.507 e. The molecule has 0 spiro atoms. The Morgan fingerprint density at radius 3 is 2.60 bits per heavy atom. The van der Waals surface area contributed by atoms with Gasteiger partial charge in [0.05, 0.1) is 11.7 Å². The molecular formula is C24H20BrN3O2. The van der Waals surface area contributed by atoms with Crippen molar-refractivity contribution in [3.8, 4) is 16.9 Å². The Hall–Kier alpha value is -3.38. The molecular weight excluding hydrogens is 442 g/mol. The minimum absolute atomic E-state index is 0.105. The number of phenols is 1. The molecule has 0 saturated heterocycles. The maximum Gasteiger partial charge on any atom is 0.288 e. The first-order chi connectivity index (χ1) is 14.4. The lowest BCUT2D eigenvalue weighted by Gasteiger charge is -2.05. The Balaban J connectivity index is 1.74. The van der Waals surface area contributed by atoms with E-state index in [9.17, 15) is 9.90 Å². The second-order valence-electron chi connectivity index (χ2n) is 7.17. The molecule has 30 heavy (non-hydrogen) atoms. The average molecular weight is 462 g/mol. The molecule has 6 heteroatoms. The number of benzene rings is 3. The maximum atomic E-state index is 13.0. The third-order valence-corrected chi connectivity index (χ3v) is 5.47. The lowest BCUT2D eigenvalue weighted by Crippen LogP contribution is -2.18. The second-order valence-corrected chi connectivity index (χ2v) is 8.03. The zero-order chi connectivity index (χ0) is 21.3. The number of fused-ring (bicyclic) bond motifs is 1. The number of halogens is 1. The molecule has 0 atom stereocenters. The highest BCUT2D eigenvalue weighted by Crippen LogP contribution is 2.36. The van der Waals surface area contributed by atoms with Crippen LogP contribution in [0.25, 0.3) is 22.0 Å².